The molecule has 0 aliphatic rings. The number of nitrogens with zero attached hydrogens (tertiary/aromatic N) is 1. The van der Waals surface area contributed by atoms with Gasteiger partial charge in [-0.25, -0.2) is 0 Å². The monoisotopic (exact) mass is 333 g/mol. The minimum atomic E-state index is -0.143. The summed E-state index contributed by atoms with van der Waals surface area (Å²) in [6, 6.07) is 7.43. The lowest BCUT2D eigenvalue weighted by Gasteiger charge is -2.10. The van der Waals surface area contributed by atoms with Gasteiger partial charge < -0.3 is 11.1 Å². The van der Waals surface area contributed by atoms with Crippen LogP contribution in [0.2, 0.25) is 0 Å². The Morgan fingerprint density at radius 1 is 1.35 bits per heavy atom. The third-order valence-electron chi connectivity index (χ3n) is 3.08. The van der Waals surface area contributed by atoms with E-state index in [-0.39, 0.29) is 5.91 Å². The van der Waals surface area contributed by atoms with Crippen molar-refractivity contribution in [1.29, 1.82) is 0 Å². The van der Waals surface area contributed by atoms with Crippen molar-refractivity contribution in [1.82, 2.24) is 10.3 Å². The number of hydrogen-bond donors (Lipinski definition) is 2. The first-order valence-corrected chi connectivity index (χ1v) is 7.02. The van der Waals surface area contributed by atoms with Crippen LogP contribution in [0.25, 0.3) is 0 Å². The zero-order valence-corrected chi connectivity index (χ0v) is 13.0. The summed E-state index contributed by atoms with van der Waals surface area (Å²) in [7, 11) is 0. The van der Waals surface area contributed by atoms with Crippen LogP contribution in [0.15, 0.2) is 34.9 Å². The number of nitrogens with one attached hydrogen (secondary N) is 1. The van der Waals surface area contributed by atoms with Crippen molar-refractivity contribution < 1.29 is 4.79 Å². The maximum Gasteiger partial charge on any atom is 0.251 e. The first-order chi connectivity index (χ1) is 9.47. The molecule has 0 saturated carbocycles. The molecule has 0 aliphatic carbocycles. The van der Waals surface area contributed by atoms with Gasteiger partial charge in [0.2, 0.25) is 0 Å². The van der Waals surface area contributed by atoms with Gasteiger partial charge in [0.25, 0.3) is 5.91 Å². The van der Waals surface area contributed by atoms with E-state index in [9.17, 15) is 4.79 Å². The van der Waals surface area contributed by atoms with E-state index in [4.69, 9.17) is 5.73 Å². The number of halogens is 1. The highest BCUT2D eigenvalue weighted by atomic mass is 79.9. The zero-order valence-electron chi connectivity index (χ0n) is 11.4. The van der Waals surface area contributed by atoms with Gasteiger partial charge in [0, 0.05) is 34.2 Å². The van der Waals surface area contributed by atoms with E-state index >= 15 is 0 Å². The van der Waals surface area contributed by atoms with Crippen molar-refractivity contribution in [3.05, 3.63) is 57.3 Å². The Hall–Kier alpha value is -1.88. The highest BCUT2D eigenvalue weighted by Crippen LogP contribution is 2.22. The minimum Gasteiger partial charge on any atom is -0.398 e. The number of amides is 1. The van der Waals surface area contributed by atoms with Crippen LogP contribution < -0.4 is 11.1 Å². The van der Waals surface area contributed by atoms with Crippen LogP contribution >= 0.6 is 15.9 Å². The lowest BCUT2D eigenvalue weighted by Crippen LogP contribution is -2.24. The topological polar surface area (TPSA) is 68.0 Å². The van der Waals surface area contributed by atoms with Gasteiger partial charge in [0.05, 0.1) is 0 Å². The molecule has 0 aliphatic heterocycles. The van der Waals surface area contributed by atoms with Gasteiger partial charge in [-0.2, -0.15) is 0 Å². The summed E-state index contributed by atoms with van der Waals surface area (Å²) in [5.74, 6) is -0.143. The number of nitrogen functional groups attached to an aromatic ring is 1. The minimum absolute atomic E-state index is 0.143. The molecule has 1 heterocycles. The van der Waals surface area contributed by atoms with Crippen molar-refractivity contribution in [2.24, 2.45) is 0 Å². The Bertz CT molecular complexity index is 638. The van der Waals surface area contributed by atoms with Gasteiger partial charge in [-0.3, -0.25) is 9.78 Å². The Balaban J connectivity index is 2.11. The first-order valence-electron chi connectivity index (χ1n) is 6.22. The first kappa shape index (κ1) is 14.5. The Morgan fingerprint density at radius 3 is 2.75 bits per heavy atom. The Labute approximate surface area is 126 Å². The number of aryl methyl sites for hydroxylation is 1. The van der Waals surface area contributed by atoms with Gasteiger partial charge in [-0.05, 0) is 43.2 Å². The molecule has 2 aromatic rings. The third kappa shape index (κ3) is 3.36. The molecule has 0 saturated heterocycles. The summed E-state index contributed by atoms with van der Waals surface area (Å²) in [5, 5.41) is 2.87. The fourth-order valence-electron chi connectivity index (χ4n) is 1.82. The third-order valence-corrected chi connectivity index (χ3v) is 3.54. The summed E-state index contributed by atoms with van der Waals surface area (Å²) in [5.41, 5.74) is 9.74. The molecule has 0 bridgehead atoms. The van der Waals surface area contributed by atoms with Crippen molar-refractivity contribution in [3.63, 3.8) is 0 Å². The molecule has 20 heavy (non-hydrogen) atoms. The van der Waals surface area contributed by atoms with Gasteiger partial charge in [0.15, 0.2) is 0 Å². The highest BCUT2D eigenvalue weighted by Gasteiger charge is 2.12. The van der Waals surface area contributed by atoms with Crippen molar-refractivity contribution in [2.45, 2.75) is 20.4 Å². The van der Waals surface area contributed by atoms with E-state index in [0.29, 0.717) is 17.8 Å². The van der Waals surface area contributed by atoms with Crippen molar-refractivity contribution in [3.8, 4) is 0 Å². The van der Waals surface area contributed by atoms with Crippen molar-refractivity contribution >= 4 is 27.5 Å². The molecule has 1 aromatic heterocycles. The predicted molar refractivity (Wildman–Crippen MR) is 83.4 cm³/mol. The van der Waals surface area contributed by atoms with Crippen LogP contribution in [-0.2, 0) is 6.54 Å². The molecule has 5 heteroatoms. The van der Waals surface area contributed by atoms with E-state index in [0.717, 1.165) is 21.3 Å². The number of pyridine rings is 1. The van der Waals surface area contributed by atoms with Crippen LogP contribution in [0.1, 0.15) is 27.2 Å². The molecule has 0 atom stereocenters. The molecule has 0 fully saturated rings. The smallest absolute Gasteiger partial charge is 0.251 e. The van der Waals surface area contributed by atoms with Crippen LogP contribution in [0.4, 0.5) is 5.69 Å². The summed E-state index contributed by atoms with van der Waals surface area (Å²) in [6.07, 6.45) is 1.76. The second-order valence-corrected chi connectivity index (χ2v) is 5.57. The zero-order chi connectivity index (χ0) is 14.7. The maximum atomic E-state index is 12.2. The summed E-state index contributed by atoms with van der Waals surface area (Å²) >= 11 is 3.35. The molecular weight excluding hydrogens is 318 g/mol. The Kier molecular flexibility index (Phi) is 4.39. The molecule has 3 N–H and O–H groups in total. The predicted octanol–water partition coefficient (Wildman–Crippen LogP) is 2.97. The van der Waals surface area contributed by atoms with Gasteiger partial charge >= 0.3 is 0 Å². The number of benzene rings is 1. The molecular formula is C15H16BrN3O. The van der Waals surface area contributed by atoms with E-state index in [1.807, 2.05) is 26.0 Å². The number of carbonyl (C=O) groups excluding carboxylic acids is 1. The van der Waals surface area contributed by atoms with E-state index in [1.54, 1.807) is 18.3 Å². The number of aromatic nitrogens is 1. The molecule has 1 amide bonds. The second kappa shape index (κ2) is 6.05. The van der Waals surface area contributed by atoms with Crippen LogP contribution in [0.5, 0.6) is 0 Å². The summed E-state index contributed by atoms with van der Waals surface area (Å²) in [4.78, 5) is 16.4. The fraction of sp³-hybridized carbons (Fsp3) is 0.200. The average molecular weight is 334 g/mol. The molecule has 4 nitrogen and oxygen atoms in total. The molecule has 2 rings (SSSR count). The van der Waals surface area contributed by atoms with Gasteiger partial charge in [0.1, 0.15) is 0 Å². The number of hydrogen-bond acceptors (Lipinski definition) is 3. The molecule has 0 radical (unpaired) electrons. The van der Waals surface area contributed by atoms with E-state index in [1.165, 1.54) is 0 Å². The standard InChI is InChI=1S/C15H16BrN3O/c1-9-3-4-11(7-18-9)8-19-15(20)13-5-12(16)6-14(17)10(13)2/h3-7H,8,17H2,1-2H3,(H,19,20). The van der Waals surface area contributed by atoms with E-state index < -0.39 is 0 Å². The normalized spacial score (nSPS) is 10.3. The lowest BCUT2D eigenvalue weighted by molar-refractivity contribution is 0.0950. The largest absolute Gasteiger partial charge is 0.398 e. The van der Waals surface area contributed by atoms with Crippen LogP contribution in [-0.4, -0.2) is 10.9 Å². The fourth-order valence-corrected chi connectivity index (χ4v) is 2.29. The number of rotatable bonds is 3. The van der Waals surface area contributed by atoms with Gasteiger partial charge in [-0.1, -0.05) is 22.0 Å². The van der Waals surface area contributed by atoms with E-state index in [2.05, 4.69) is 26.2 Å². The average Bonchev–Trinajstić information content (AvgIpc) is 2.42. The van der Waals surface area contributed by atoms with Crippen LogP contribution in [0, 0.1) is 13.8 Å². The molecule has 1 aromatic carbocycles. The lowest BCUT2D eigenvalue weighted by atomic mass is 10.1. The van der Waals surface area contributed by atoms with Gasteiger partial charge in [-0.15, -0.1) is 0 Å². The van der Waals surface area contributed by atoms with Crippen molar-refractivity contribution in [2.75, 3.05) is 5.73 Å². The second-order valence-electron chi connectivity index (χ2n) is 4.66. The molecule has 0 spiro atoms. The Morgan fingerprint density at radius 2 is 2.10 bits per heavy atom. The summed E-state index contributed by atoms with van der Waals surface area (Å²) in [6.45, 7) is 4.21. The molecule has 104 valence electrons. The number of carbonyl (C=O) groups is 1. The number of nitrogens with two attached hydrogens (primary N) is 1. The van der Waals surface area contributed by atoms with Crippen LogP contribution in [0.3, 0.4) is 0 Å². The SMILES string of the molecule is Cc1ccc(CNC(=O)c2cc(Br)cc(N)c2C)cn1. The quantitative estimate of drug-likeness (QED) is 0.848. The summed E-state index contributed by atoms with van der Waals surface area (Å²) < 4.78 is 0.794. The highest BCUT2D eigenvalue weighted by molar-refractivity contribution is 9.10. The maximum absolute atomic E-state index is 12.2. The number of anilines is 1. The molecule has 0 unspecified atom stereocenters.